The summed E-state index contributed by atoms with van der Waals surface area (Å²) >= 11 is 0. The summed E-state index contributed by atoms with van der Waals surface area (Å²) < 4.78 is 19.7. The summed E-state index contributed by atoms with van der Waals surface area (Å²) in [6, 6.07) is 9.98. The van der Waals surface area contributed by atoms with Crippen molar-refractivity contribution in [3.63, 3.8) is 0 Å². The van der Waals surface area contributed by atoms with Crippen LogP contribution in [0.4, 0.5) is 0 Å². The van der Waals surface area contributed by atoms with Gasteiger partial charge in [-0.25, -0.2) is 0 Å². The van der Waals surface area contributed by atoms with Gasteiger partial charge >= 0.3 is 5.97 Å². The van der Waals surface area contributed by atoms with Crippen molar-refractivity contribution < 1.29 is 23.5 Å². The minimum absolute atomic E-state index is 0.0470. The quantitative estimate of drug-likeness (QED) is 0.282. The van der Waals surface area contributed by atoms with Crippen LogP contribution in [0.3, 0.4) is 0 Å². The van der Waals surface area contributed by atoms with Crippen LogP contribution in [0.2, 0.25) is 36.3 Å². The van der Waals surface area contributed by atoms with Crippen molar-refractivity contribution in [2.75, 3.05) is 19.8 Å². The van der Waals surface area contributed by atoms with E-state index in [1.165, 1.54) is 0 Å². The van der Waals surface area contributed by atoms with Crippen LogP contribution < -0.4 is 0 Å². The predicted octanol–water partition coefficient (Wildman–Crippen LogP) is 8.12. The van der Waals surface area contributed by atoms with E-state index in [1.54, 1.807) is 0 Å². The fourth-order valence-corrected chi connectivity index (χ4v) is 6.98. The van der Waals surface area contributed by atoms with Crippen molar-refractivity contribution in [2.24, 2.45) is 16.7 Å². The van der Waals surface area contributed by atoms with Gasteiger partial charge in [0.2, 0.25) is 0 Å². The maximum absolute atomic E-state index is 13.1. The standard InChI is InChI=1S/C30H54O5Si2/c1-27(2,3)36(8,9)34-21-25-29(7,22-35-37(10,11)28(4,5)6)18-15-19-30(25,26(31)32)23-33-20-24-16-13-12-14-17-24/h12-14,16-17,25H,15,18-23H2,1-11H3,(H,31,32)/t25-,29+,30+/m0/s1. The molecular formula is C30H54O5Si2. The van der Waals surface area contributed by atoms with Gasteiger partial charge in [0.15, 0.2) is 16.6 Å². The molecule has 0 heterocycles. The zero-order valence-electron chi connectivity index (χ0n) is 25.5. The van der Waals surface area contributed by atoms with E-state index in [1.807, 2.05) is 30.3 Å². The number of ether oxygens (including phenoxy) is 1. The Balaban J connectivity index is 2.41. The molecule has 1 aliphatic carbocycles. The lowest BCUT2D eigenvalue weighted by molar-refractivity contribution is -0.176. The van der Waals surface area contributed by atoms with Crippen LogP contribution in [0.1, 0.15) is 73.3 Å². The van der Waals surface area contributed by atoms with Crippen LogP contribution in [0.5, 0.6) is 0 Å². The third-order valence-corrected chi connectivity index (χ3v) is 18.7. The second kappa shape index (κ2) is 11.6. The molecule has 0 radical (unpaired) electrons. The molecule has 212 valence electrons. The van der Waals surface area contributed by atoms with E-state index in [-0.39, 0.29) is 28.0 Å². The van der Waals surface area contributed by atoms with Crippen LogP contribution in [0.15, 0.2) is 30.3 Å². The highest BCUT2D eigenvalue weighted by Gasteiger charge is 2.57. The smallest absolute Gasteiger partial charge is 0.312 e. The molecule has 0 unspecified atom stereocenters. The van der Waals surface area contributed by atoms with Gasteiger partial charge in [0.05, 0.1) is 18.6 Å². The maximum atomic E-state index is 13.1. The first-order valence-corrected chi connectivity index (χ1v) is 19.7. The van der Waals surface area contributed by atoms with E-state index in [0.717, 1.165) is 18.4 Å². The van der Waals surface area contributed by atoms with Crippen LogP contribution in [0, 0.1) is 16.7 Å². The Hall–Kier alpha value is -0.996. The zero-order valence-corrected chi connectivity index (χ0v) is 27.5. The molecule has 2 rings (SSSR count). The lowest BCUT2D eigenvalue weighted by Gasteiger charge is -2.53. The van der Waals surface area contributed by atoms with Gasteiger partial charge in [0.25, 0.3) is 0 Å². The summed E-state index contributed by atoms with van der Waals surface area (Å²) in [5.41, 5.74) is -0.275. The average Bonchev–Trinajstić information content (AvgIpc) is 2.76. The maximum Gasteiger partial charge on any atom is 0.312 e. The largest absolute Gasteiger partial charge is 0.481 e. The molecular weight excluding hydrogens is 496 g/mol. The number of carboxylic acid groups (broad SMARTS) is 1. The summed E-state index contributed by atoms with van der Waals surface area (Å²) in [5, 5.41) is 10.9. The number of rotatable bonds is 11. The van der Waals surface area contributed by atoms with Crippen LogP contribution >= 0.6 is 0 Å². The van der Waals surface area contributed by atoms with E-state index in [9.17, 15) is 9.90 Å². The molecule has 0 bridgehead atoms. The molecule has 7 heteroatoms. The van der Waals surface area contributed by atoms with Crippen molar-refractivity contribution in [2.45, 2.75) is 111 Å². The van der Waals surface area contributed by atoms with Crippen molar-refractivity contribution >= 4 is 22.6 Å². The SMILES string of the molecule is CC(C)(C)[Si](C)(C)OC[C@H]1[C@@](C)(CO[Si](C)(C)C(C)(C)C)CCC[C@]1(COCc1ccccc1)C(=O)O. The van der Waals surface area contributed by atoms with Crippen molar-refractivity contribution in [3.8, 4) is 0 Å². The molecule has 0 amide bonds. The number of carbonyl (C=O) groups is 1. The first-order chi connectivity index (χ1) is 16.8. The number of aliphatic carboxylic acids is 1. The normalized spacial score (nSPS) is 25.8. The molecule has 0 saturated heterocycles. The highest BCUT2D eigenvalue weighted by molar-refractivity contribution is 6.74. The molecule has 1 aromatic carbocycles. The van der Waals surface area contributed by atoms with Gasteiger partial charge in [-0.15, -0.1) is 0 Å². The van der Waals surface area contributed by atoms with Gasteiger partial charge in [0, 0.05) is 19.1 Å². The molecule has 0 spiro atoms. The summed E-state index contributed by atoms with van der Waals surface area (Å²) in [6.07, 6.45) is 2.37. The zero-order chi connectivity index (χ0) is 28.3. The molecule has 1 fully saturated rings. The number of hydrogen-bond acceptors (Lipinski definition) is 4. The van der Waals surface area contributed by atoms with E-state index in [2.05, 4.69) is 74.7 Å². The second-order valence-electron chi connectivity index (χ2n) is 14.6. The van der Waals surface area contributed by atoms with Crippen molar-refractivity contribution in [3.05, 3.63) is 35.9 Å². The molecule has 0 aliphatic heterocycles. The highest BCUT2D eigenvalue weighted by Crippen LogP contribution is 2.54. The average molecular weight is 551 g/mol. The Morgan fingerprint density at radius 3 is 1.97 bits per heavy atom. The summed E-state index contributed by atoms with van der Waals surface area (Å²) in [5.74, 6) is -0.983. The Bertz CT molecular complexity index is 887. The Kier molecular flexibility index (Phi) is 10.1. The van der Waals surface area contributed by atoms with Gasteiger partial charge in [-0.1, -0.05) is 85.2 Å². The van der Waals surface area contributed by atoms with Crippen LogP contribution in [-0.2, 0) is 25.0 Å². The van der Waals surface area contributed by atoms with Crippen LogP contribution in [-0.4, -0.2) is 47.5 Å². The minimum atomic E-state index is -2.09. The molecule has 1 N–H and O–H groups in total. The Morgan fingerprint density at radius 2 is 1.46 bits per heavy atom. The summed E-state index contributed by atoms with van der Waals surface area (Å²) in [6.45, 7) is 26.3. The van der Waals surface area contributed by atoms with Gasteiger partial charge in [-0.05, 0) is 60.1 Å². The monoisotopic (exact) mass is 550 g/mol. The molecule has 37 heavy (non-hydrogen) atoms. The molecule has 1 aliphatic rings. The third-order valence-electron chi connectivity index (χ3n) is 9.76. The molecule has 5 nitrogen and oxygen atoms in total. The summed E-state index contributed by atoms with van der Waals surface area (Å²) in [7, 11) is -4.10. The lowest BCUT2D eigenvalue weighted by atomic mass is 9.55. The molecule has 1 saturated carbocycles. The fourth-order valence-electron chi connectivity index (χ4n) is 4.84. The Labute approximate surface area is 228 Å². The topological polar surface area (TPSA) is 65.0 Å². The first kappa shape index (κ1) is 32.2. The second-order valence-corrected chi connectivity index (χ2v) is 24.2. The molecule has 1 aromatic rings. The van der Waals surface area contributed by atoms with Gasteiger partial charge < -0.3 is 18.7 Å². The van der Waals surface area contributed by atoms with E-state index >= 15 is 0 Å². The lowest BCUT2D eigenvalue weighted by Crippen LogP contribution is -2.58. The van der Waals surface area contributed by atoms with Crippen molar-refractivity contribution in [1.29, 1.82) is 0 Å². The van der Waals surface area contributed by atoms with Gasteiger partial charge in [-0.3, -0.25) is 4.79 Å². The number of hydrogen-bond donors (Lipinski definition) is 1. The van der Waals surface area contributed by atoms with Gasteiger partial charge in [0.1, 0.15) is 0 Å². The van der Waals surface area contributed by atoms with Crippen LogP contribution in [0.25, 0.3) is 0 Å². The highest BCUT2D eigenvalue weighted by atomic mass is 28.4. The minimum Gasteiger partial charge on any atom is -0.481 e. The number of benzene rings is 1. The number of carboxylic acids is 1. The predicted molar refractivity (Wildman–Crippen MR) is 158 cm³/mol. The fraction of sp³-hybridized carbons (Fsp3) is 0.767. The van der Waals surface area contributed by atoms with E-state index in [0.29, 0.717) is 26.2 Å². The van der Waals surface area contributed by atoms with Gasteiger partial charge in [-0.2, -0.15) is 0 Å². The van der Waals surface area contributed by atoms with E-state index in [4.69, 9.17) is 13.6 Å². The molecule has 3 atom stereocenters. The van der Waals surface area contributed by atoms with E-state index < -0.39 is 28.0 Å². The Morgan fingerprint density at radius 1 is 0.919 bits per heavy atom. The summed E-state index contributed by atoms with van der Waals surface area (Å²) in [4.78, 5) is 13.1. The molecule has 0 aromatic heterocycles. The first-order valence-electron chi connectivity index (χ1n) is 13.9. The third kappa shape index (κ3) is 7.56. The van der Waals surface area contributed by atoms with Crippen molar-refractivity contribution in [1.82, 2.24) is 0 Å².